The van der Waals surface area contributed by atoms with Crippen LogP contribution in [-0.4, -0.2) is 31.5 Å². The average molecular weight is 449 g/mol. The molecule has 0 saturated heterocycles. The Morgan fingerprint density at radius 3 is 2.77 bits per heavy atom. The molecule has 0 spiro atoms. The van der Waals surface area contributed by atoms with E-state index in [9.17, 15) is 0 Å². The summed E-state index contributed by atoms with van der Waals surface area (Å²) in [5.74, 6) is 1.55. The van der Waals surface area contributed by atoms with Crippen molar-refractivity contribution < 1.29 is 0 Å². The second-order valence-electron chi connectivity index (χ2n) is 5.30. The normalized spacial score (nSPS) is 12.6. The molecule has 6 heteroatoms. The highest BCUT2D eigenvalue weighted by atomic mass is 127. The maximum absolute atomic E-state index is 4.37. The van der Waals surface area contributed by atoms with Crippen molar-refractivity contribution >= 4 is 52.6 Å². The summed E-state index contributed by atoms with van der Waals surface area (Å²) >= 11 is 3.57. The standard InChI is InChI=1S/C16H23N3S2.HI/c1-13(9-15-5-4-7-21-15)10-18-16(17-2)19(3)11-14-6-8-20-12-14;/h4-8,12-13H,9-11H2,1-3H3,(H,17,18);1H. The fourth-order valence-corrected chi connectivity index (χ4v) is 3.76. The zero-order valence-corrected chi connectivity index (χ0v) is 17.2. The number of hydrogen-bond acceptors (Lipinski definition) is 3. The van der Waals surface area contributed by atoms with Gasteiger partial charge in [-0.25, -0.2) is 0 Å². The molecule has 1 unspecified atom stereocenters. The third kappa shape index (κ3) is 6.26. The summed E-state index contributed by atoms with van der Waals surface area (Å²) in [7, 11) is 3.92. The van der Waals surface area contributed by atoms with Crippen molar-refractivity contribution in [2.24, 2.45) is 10.9 Å². The minimum Gasteiger partial charge on any atom is -0.356 e. The molecule has 3 nitrogen and oxygen atoms in total. The molecule has 0 aliphatic rings. The molecular weight excluding hydrogens is 425 g/mol. The van der Waals surface area contributed by atoms with E-state index < -0.39 is 0 Å². The molecule has 1 N–H and O–H groups in total. The zero-order chi connectivity index (χ0) is 15.1. The number of guanidine groups is 1. The topological polar surface area (TPSA) is 27.6 Å². The maximum Gasteiger partial charge on any atom is 0.193 e. The van der Waals surface area contributed by atoms with Gasteiger partial charge in [0.1, 0.15) is 0 Å². The lowest BCUT2D eigenvalue weighted by molar-refractivity contribution is 0.462. The van der Waals surface area contributed by atoms with Crippen molar-refractivity contribution in [2.75, 3.05) is 20.6 Å². The molecule has 0 radical (unpaired) electrons. The van der Waals surface area contributed by atoms with Gasteiger partial charge < -0.3 is 10.2 Å². The molecular formula is C16H24IN3S2. The highest BCUT2D eigenvalue weighted by Gasteiger charge is 2.09. The molecule has 1 atom stereocenters. The van der Waals surface area contributed by atoms with Gasteiger partial charge in [-0.3, -0.25) is 4.99 Å². The van der Waals surface area contributed by atoms with E-state index in [2.05, 4.69) is 63.5 Å². The Hall–Kier alpha value is -0.600. The number of halogens is 1. The van der Waals surface area contributed by atoms with Crippen LogP contribution < -0.4 is 5.32 Å². The zero-order valence-electron chi connectivity index (χ0n) is 13.3. The average Bonchev–Trinajstić information content (AvgIpc) is 3.13. The molecule has 0 fully saturated rings. The van der Waals surface area contributed by atoms with Gasteiger partial charge in [-0.05, 0) is 46.2 Å². The molecule has 122 valence electrons. The first kappa shape index (κ1) is 19.4. The highest BCUT2D eigenvalue weighted by molar-refractivity contribution is 14.0. The van der Waals surface area contributed by atoms with Crippen LogP contribution in [0.15, 0.2) is 39.3 Å². The molecule has 2 rings (SSSR count). The Balaban J connectivity index is 0.00000242. The third-order valence-electron chi connectivity index (χ3n) is 3.31. The van der Waals surface area contributed by atoms with E-state index in [4.69, 9.17) is 0 Å². The van der Waals surface area contributed by atoms with E-state index in [0.717, 1.165) is 25.5 Å². The summed E-state index contributed by atoms with van der Waals surface area (Å²) in [6, 6.07) is 6.49. The fourth-order valence-electron chi connectivity index (χ4n) is 2.23. The monoisotopic (exact) mass is 449 g/mol. The number of aliphatic imine (C=N–C) groups is 1. The fraction of sp³-hybridized carbons (Fsp3) is 0.438. The van der Waals surface area contributed by atoms with Gasteiger partial charge in [-0.15, -0.1) is 35.3 Å². The van der Waals surface area contributed by atoms with E-state index in [-0.39, 0.29) is 24.0 Å². The van der Waals surface area contributed by atoms with Crippen LogP contribution in [0.3, 0.4) is 0 Å². The van der Waals surface area contributed by atoms with Gasteiger partial charge in [0.05, 0.1) is 0 Å². The lowest BCUT2D eigenvalue weighted by Gasteiger charge is -2.23. The van der Waals surface area contributed by atoms with Gasteiger partial charge in [0.25, 0.3) is 0 Å². The lowest BCUT2D eigenvalue weighted by atomic mass is 10.1. The molecule has 0 bridgehead atoms. The van der Waals surface area contributed by atoms with Crippen LogP contribution in [0.4, 0.5) is 0 Å². The number of nitrogens with one attached hydrogen (secondary N) is 1. The quantitative estimate of drug-likeness (QED) is 0.404. The Labute approximate surface area is 158 Å². The summed E-state index contributed by atoms with van der Waals surface area (Å²) in [5, 5.41) is 9.92. The van der Waals surface area contributed by atoms with Crippen LogP contribution in [0.25, 0.3) is 0 Å². The predicted molar refractivity (Wildman–Crippen MR) is 110 cm³/mol. The molecule has 0 saturated carbocycles. The summed E-state index contributed by atoms with van der Waals surface area (Å²) < 4.78 is 0. The second-order valence-corrected chi connectivity index (χ2v) is 7.12. The van der Waals surface area contributed by atoms with Gasteiger partial charge in [-0.2, -0.15) is 11.3 Å². The largest absolute Gasteiger partial charge is 0.356 e. The molecule has 2 heterocycles. The number of thiophene rings is 2. The van der Waals surface area contributed by atoms with Gasteiger partial charge in [0.15, 0.2) is 5.96 Å². The summed E-state index contributed by atoms with van der Waals surface area (Å²) in [6.45, 7) is 4.11. The van der Waals surface area contributed by atoms with Crippen molar-refractivity contribution in [3.8, 4) is 0 Å². The summed E-state index contributed by atoms with van der Waals surface area (Å²) in [5.41, 5.74) is 1.33. The van der Waals surface area contributed by atoms with E-state index >= 15 is 0 Å². The molecule has 0 aliphatic carbocycles. The van der Waals surface area contributed by atoms with Crippen LogP contribution in [0, 0.1) is 5.92 Å². The Morgan fingerprint density at radius 2 is 2.18 bits per heavy atom. The lowest BCUT2D eigenvalue weighted by Crippen LogP contribution is -2.40. The second kappa shape index (κ2) is 10.2. The highest BCUT2D eigenvalue weighted by Crippen LogP contribution is 2.14. The molecule has 0 aliphatic heterocycles. The Morgan fingerprint density at radius 1 is 1.36 bits per heavy atom. The molecule has 0 amide bonds. The van der Waals surface area contributed by atoms with Crippen LogP contribution >= 0.6 is 46.7 Å². The van der Waals surface area contributed by atoms with Gasteiger partial charge in [0.2, 0.25) is 0 Å². The van der Waals surface area contributed by atoms with Crippen molar-refractivity contribution in [1.29, 1.82) is 0 Å². The number of rotatable bonds is 6. The van der Waals surface area contributed by atoms with Crippen LogP contribution in [-0.2, 0) is 13.0 Å². The van der Waals surface area contributed by atoms with E-state index in [1.54, 1.807) is 11.3 Å². The Kier molecular flexibility index (Phi) is 9.04. The minimum absolute atomic E-state index is 0. The molecule has 0 aromatic carbocycles. The minimum atomic E-state index is 0. The smallest absolute Gasteiger partial charge is 0.193 e. The van der Waals surface area contributed by atoms with E-state index in [1.807, 2.05) is 18.4 Å². The van der Waals surface area contributed by atoms with Gasteiger partial charge in [-0.1, -0.05) is 13.0 Å². The van der Waals surface area contributed by atoms with Gasteiger partial charge >= 0.3 is 0 Å². The number of nitrogens with zero attached hydrogens (tertiary/aromatic N) is 2. The molecule has 22 heavy (non-hydrogen) atoms. The summed E-state index contributed by atoms with van der Waals surface area (Å²) in [4.78, 5) is 7.99. The predicted octanol–water partition coefficient (Wildman–Crippen LogP) is 4.31. The van der Waals surface area contributed by atoms with E-state index in [0.29, 0.717) is 5.92 Å². The van der Waals surface area contributed by atoms with Crippen molar-refractivity contribution in [3.63, 3.8) is 0 Å². The third-order valence-corrected chi connectivity index (χ3v) is 4.94. The number of hydrogen-bond donors (Lipinski definition) is 1. The van der Waals surface area contributed by atoms with Crippen LogP contribution in [0.1, 0.15) is 17.4 Å². The van der Waals surface area contributed by atoms with Crippen molar-refractivity contribution in [1.82, 2.24) is 10.2 Å². The van der Waals surface area contributed by atoms with Crippen LogP contribution in [0.2, 0.25) is 0 Å². The van der Waals surface area contributed by atoms with Gasteiger partial charge in [0, 0.05) is 32.1 Å². The molecule has 2 aromatic rings. The maximum atomic E-state index is 4.37. The first-order valence-corrected chi connectivity index (χ1v) is 8.96. The first-order valence-electron chi connectivity index (χ1n) is 7.14. The SMILES string of the molecule is CN=C(NCC(C)Cc1cccs1)N(C)Cc1ccsc1.I. The first-order chi connectivity index (χ1) is 10.2. The van der Waals surface area contributed by atoms with Crippen LogP contribution in [0.5, 0.6) is 0 Å². The van der Waals surface area contributed by atoms with E-state index in [1.165, 1.54) is 10.4 Å². The van der Waals surface area contributed by atoms with Crippen molar-refractivity contribution in [3.05, 3.63) is 44.8 Å². The van der Waals surface area contributed by atoms with Crippen molar-refractivity contribution in [2.45, 2.75) is 19.9 Å². The Bertz CT molecular complexity index is 538. The summed E-state index contributed by atoms with van der Waals surface area (Å²) in [6.07, 6.45) is 1.12. The molecule has 2 aromatic heterocycles.